The van der Waals surface area contributed by atoms with Crippen molar-refractivity contribution in [2.45, 2.75) is 0 Å². The van der Waals surface area contributed by atoms with Crippen LogP contribution in [0.15, 0.2) is 24.3 Å². The maximum Gasteiger partial charge on any atom is 0.245 e. The topological polar surface area (TPSA) is 87.2 Å². The van der Waals surface area contributed by atoms with Gasteiger partial charge in [-0.05, 0) is 24.3 Å². The van der Waals surface area contributed by atoms with E-state index in [-0.39, 0.29) is 0 Å². The second-order valence-electron chi connectivity index (χ2n) is 2.72. The molecule has 0 atom stereocenters. The standard InChI is InChI=1S/C8H9N3O2S/c1-14(12,13)11(10)8-4-2-7(6-9)3-5-8/h2-5H,10H2,1H3. The van der Waals surface area contributed by atoms with E-state index in [1.165, 1.54) is 24.3 Å². The number of nitriles is 1. The van der Waals surface area contributed by atoms with Gasteiger partial charge in [0.05, 0.1) is 23.6 Å². The average Bonchev–Trinajstić information content (AvgIpc) is 2.15. The highest BCUT2D eigenvalue weighted by Crippen LogP contribution is 2.13. The summed E-state index contributed by atoms with van der Waals surface area (Å²) in [4.78, 5) is 0. The molecule has 0 heterocycles. The Hall–Kier alpha value is -1.58. The lowest BCUT2D eigenvalue weighted by molar-refractivity contribution is 0.598. The Bertz CT molecular complexity index is 458. The van der Waals surface area contributed by atoms with E-state index in [9.17, 15) is 8.42 Å². The minimum atomic E-state index is -3.45. The van der Waals surface area contributed by atoms with Crippen molar-refractivity contribution in [2.75, 3.05) is 10.7 Å². The van der Waals surface area contributed by atoms with Crippen LogP contribution in [0.1, 0.15) is 5.56 Å². The fraction of sp³-hybridized carbons (Fsp3) is 0.125. The molecule has 0 amide bonds. The molecular weight excluding hydrogens is 202 g/mol. The molecule has 1 aromatic carbocycles. The number of benzene rings is 1. The number of rotatable bonds is 2. The van der Waals surface area contributed by atoms with Gasteiger partial charge in [-0.3, -0.25) is 0 Å². The second kappa shape index (κ2) is 3.65. The van der Waals surface area contributed by atoms with Gasteiger partial charge >= 0.3 is 0 Å². The van der Waals surface area contributed by atoms with E-state index in [1.807, 2.05) is 6.07 Å². The molecule has 14 heavy (non-hydrogen) atoms. The summed E-state index contributed by atoms with van der Waals surface area (Å²) >= 11 is 0. The number of hydrogen-bond acceptors (Lipinski definition) is 4. The van der Waals surface area contributed by atoms with Crippen LogP contribution in [-0.2, 0) is 10.0 Å². The van der Waals surface area contributed by atoms with Gasteiger partial charge in [0.1, 0.15) is 0 Å². The Morgan fingerprint density at radius 1 is 1.36 bits per heavy atom. The molecule has 74 valence electrons. The number of anilines is 1. The van der Waals surface area contributed by atoms with Crippen molar-refractivity contribution in [3.8, 4) is 6.07 Å². The van der Waals surface area contributed by atoms with Crippen LogP contribution >= 0.6 is 0 Å². The van der Waals surface area contributed by atoms with E-state index in [4.69, 9.17) is 11.1 Å². The molecule has 5 nitrogen and oxygen atoms in total. The van der Waals surface area contributed by atoms with E-state index in [0.29, 0.717) is 15.7 Å². The predicted octanol–water partition coefficient (Wildman–Crippen LogP) is 0.198. The van der Waals surface area contributed by atoms with Crippen LogP contribution in [0.2, 0.25) is 0 Å². The molecule has 6 heteroatoms. The summed E-state index contributed by atoms with van der Waals surface area (Å²) in [6, 6.07) is 7.87. The van der Waals surface area contributed by atoms with Crippen molar-refractivity contribution in [1.29, 1.82) is 5.26 Å². The number of nitrogens with two attached hydrogens (primary N) is 1. The molecule has 0 unspecified atom stereocenters. The molecule has 2 N–H and O–H groups in total. The third-order valence-electron chi connectivity index (χ3n) is 1.61. The highest BCUT2D eigenvalue weighted by atomic mass is 32.2. The third-order valence-corrected chi connectivity index (χ3v) is 2.53. The van der Waals surface area contributed by atoms with Gasteiger partial charge in [-0.2, -0.15) is 5.26 Å². The molecular formula is C8H9N3O2S. The minimum Gasteiger partial charge on any atom is -0.233 e. The van der Waals surface area contributed by atoms with E-state index >= 15 is 0 Å². The molecule has 0 bridgehead atoms. The first-order valence-electron chi connectivity index (χ1n) is 3.70. The van der Waals surface area contributed by atoms with Crippen molar-refractivity contribution >= 4 is 15.7 Å². The van der Waals surface area contributed by atoms with Crippen LogP contribution in [0.5, 0.6) is 0 Å². The monoisotopic (exact) mass is 211 g/mol. The van der Waals surface area contributed by atoms with Gasteiger partial charge in [-0.1, -0.05) is 0 Å². The Labute approximate surface area is 82.4 Å². The van der Waals surface area contributed by atoms with Crippen LogP contribution in [0.3, 0.4) is 0 Å². The highest BCUT2D eigenvalue weighted by Gasteiger charge is 2.11. The third kappa shape index (κ3) is 2.22. The van der Waals surface area contributed by atoms with Crippen molar-refractivity contribution in [3.63, 3.8) is 0 Å². The Balaban J connectivity index is 3.06. The van der Waals surface area contributed by atoms with Crippen LogP contribution in [0.25, 0.3) is 0 Å². The van der Waals surface area contributed by atoms with Crippen LogP contribution in [-0.4, -0.2) is 14.7 Å². The normalized spacial score (nSPS) is 10.6. The first kappa shape index (κ1) is 10.5. The van der Waals surface area contributed by atoms with E-state index in [0.717, 1.165) is 6.26 Å². The van der Waals surface area contributed by atoms with E-state index in [1.54, 1.807) is 0 Å². The summed E-state index contributed by atoms with van der Waals surface area (Å²) in [5.41, 5.74) is 0.780. The summed E-state index contributed by atoms with van der Waals surface area (Å²) in [6.45, 7) is 0. The highest BCUT2D eigenvalue weighted by molar-refractivity contribution is 7.92. The minimum absolute atomic E-state index is 0.325. The number of nitrogens with zero attached hydrogens (tertiary/aromatic N) is 2. The number of sulfonamides is 1. The van der Waals surface area contributed by atoms with E-state index < -0.39 is 10.0 Å². The van der Waals surface area contributed by atoms with Crippen molar-refractivity contribution in [3.05, 3.63) is 29.8 Å². The molecule has 0 saturated heterocycles. The van der Waals surface area contributed by atoms with Gasteiger partial charge in [0.25, 0.3) is 0 Å². The van der Waals surface area contributed by atoms with Crippen molar-refractivity contribution < 1.29 is 8.42 Å². The summed E-state index contributed by atoms with van der Waals surface area (Å²) in [6.07, 6.45) is 1.01. The summed E-state index contributed by atoms with van der Waals surface area (Å²) in [5, 5.41) is 8.51. The van der Waals surface area contributed by atoms with Gasteiger partial charge in [0.15, 0.2) is 0 Å². The smallest absolute Gasteiger partial charge is 0.233 e. The van der Waals surface area contributed by atoms with Gasteiger partial charge in [0, 0.05) is 0 Å². The molecule has 0 fully saturated rings. The lowest BCUT2D eigenvalue weighted by atomic mass is 10.2. The van der Waals surface area contributed by atoms with Gasteiger partial charge in [0.2, 0.25) is 10.0 Å². The van der Waals surface area contributed by atoms with Crippen molar-refractivity contribution in [2.24, 2.45) is 5.84 Å². The van der Waals surface area contributed by atoms with Gasteiger partial charge < -0.3 is 0 Å². The quantitative estimate of drug-likeness (QED) is 0.559. The second-order valence-corrected chi connectivity index (χ2v) is 4.58. The molecule has 1 aromatic rings. The molecule has 0 aliphatic carbocycles. The largest absolute Gasteiger partial charge is 0.245 e. The zero-order chi connectivity index (χ0) is 10.8. The maximum atomic E-state index is 11.0. The maximum absolute atomic E-state index is 11.0. The average molecular weight is 211 g/mol. The van der Waals surface area contributed by atoms with Crippen LogP contribution in [0.4, 0.5) is 5.69 Å². The lowest BCUT2D eigenvalue weighted by Crippen LogP contribution is -2.36. The van der Waals surface area contributed by atoms with Crippen LogP contribution in [0, 0.1) is 11.3 Å². The Morgan fingerprint density at radius 2 is 1.86 bits per heavy atom. The van der Waals surface area contributed by atoms with E-state index in [2.05, 4.69) is 0 Å². The zero-order valence-corrected chi connectivity index (χ0v) is 8.32. The number of hydrazine groups is 1. The predicted molar refractivity (Wildman–Crippen MR) is 52.7 cm³/mol. The molecule has 0 aliphatic rings. The molecule has 1 rings (SSSR count). The number of hydrogen-bond donors (Lipinski definition) is 1. The summed E-state index contributed by atoms with van der Waals surface area (Å²) in [7, 11) is -3.45. The lowest BCUT2D eigenvalue weighted by Gasteiger charge is -2.15. The molecule has 0 saturated carbocycles. The fourth-order valence-corrected chi connectivity index (χ4v) is 1.38. The zero-order valence-electron chi connectivity index (χ0n) is 7.51. The molecule has 0 aliphatic heterocycles. The first-order valence-corrected chi connectivity index (χ1v) is 5.55. The van der Waals surface area contributed by atoms with Crippen LogP contribution < -0.4 is 10.3 Å². The molecule has 0 radical (unpaired) electrons. The summed E-state index contributed by atoms with van der Waals surface area (Å²) < 4.78 is 22.7. The van der Waals surface area contributed by atoms with Gasteiger partial charge in [-0.25, -0.2) is 18.7 Å². The van der Waals surface area contributed by atoms with Gasteiger partial charge in [-0.15, -0.1) is 0 Å². The Morgan fingerprint density at radius 3 is 2.21 bits per heavy atom. The Kier molecular flexibility index (Phi) is 2.74. The molecule has 0 spiro atoms. The summed E-state index contributed by atoms with van der Waals surface area (Å²) in [5.74, 6) is 5.33. The fourth-order valence-electron chi connectivity index (χ4n) is 0.874. The SMILES string of the molecule is CS(=O)(=O)N(N)c1ccc(C#N)cc1. The first-order chi connectivity index (χ1) is 6.45. The molecule has 0 aromatic heterocycles. The van der Waals surface area contributed by atoms with Crippen molar-refractivity contribution in [1.82, 2.24) is 0 Å².